The van der Waals surface area contributed by atoms with Crippen molar-refractivity contribution in [2.45, 2.75) is 19.1 Å². The highest BCUT2D eigenvalue weighted by molar-refractivity contribution is 6.30. The van der Waals surface area contributed by atoms with Crippen molar-refractivity contribution >= 4 is 11.6 Å². The van der Waals surface area contributed by atoms with Gasteiger partial charge < -0.3 is 15.2 Å². The molecular formula is C18H20ClN5O2. The van der Waals surface area contributed by atoms with Gasteiger partial charge in [0.15, 0.2) is 0 Å². The Bertz CT molecular complexity index is 793. The molecule has 0 bridgehead atoms. The van der Waals surface area contributed by atoms with Crippen molar-refractivity contribution in [3.63, 3.8) is 0 Å². The van der Waals surface area contributed by atoms with Gasteiger partial charge in [-0.3, -0.25) is 0 Å². The zero-order valence-corrected chi connectivity index (χ0v) is 15.0. The molecule has 0 spiro atoms. The van der Waals surface area contributed by atoms with Crippen molar-refractivity contribution in [3.05, 3.63) is 65.4 Å². The number of aliphatic hydroxyl groups excluding tert-OH is 1. The summed E-state index contributed by atoms with van der Waals surface area (Å²) in [5, 5.41) is 25.1. The lowest BCUT2D eigenvalue weighted by atomic mass is 10.1. The summed E-state index contributed by atoms with van der Waals surface area (Å²) >= 11 is 5.83. The SMILES string of the molecule is CC(NCC(O)COc1ccc(Cl)cc1)c1ccc(-n2cnnn2)cc1. The lowest BCUT2D eigenvalue weighted by molar-refractivity contribution is 0.104. The lowest BCUT2D eigenvalue weighted by Gasteiger charge is -2.18. The van der Waals surface area contributed by atoms with Crippen molar-refractivity contribution in [2.75, 3.05) is 13.2 Å². The summed E-state index contributed by atoms with van der Waals surface area (Å²) in [6.45, 7) is 2.67. The quantitative estimate of drug-likeness (QED) is 0.630. The first-order valence-corrected chi connectivity index (χ1v) is 8.63. The van der Waals surface area contributed by atoms with Gasteiger partial charge in [-0.1, -0.05) is 23.7 Å². The van der Waals surface area contributed by atoms with Crippen LogP contribution >= 0.6 is 11.6 Å². The number of hydrogen-bond donors (Lipinski definition) is 2. The molecule has 0 saturated heterocycles. The fourth-order valence-electron chi connectivity index (χ4n) is 2.41. The summed E-state index contributed by atoms with van der Waals surface area (Å²) in [4.78, 5) is 0. The average molecular weight is 374 g/mol. The zero-order valence-electron chi connectivity index (χ0n) is 14.3. The Labute approximate surface area is 156 Å². The van der Waals surface area contributed by atoms with Gasteiger partial charge in [0, 0.05) is 17.6 Å². The van der Waals surface area contributed by atoms with Crippen LogP contribution in [0.5, 0.6) is 5.75 Å². The number of benzene rings is 2. The van der Waals surface area contributed by atoms with Crippen LogP contribution in [-0.2, 0) is 0 Å². The molecule has 1 heterocycles. The van der Waals surface area contributed by atoms with Crippen LogP contribution in [0.4, 0.5) is 0 Å². The van der Waals surface area contributed by atoms with Crippen molar-refractivity contribution < 1.29 is 9.84 Å². The second kappa shape index (κ2) is 8.75. The third-order valence-electron chi connectivity index (χ3n) is 3.92. The Morgan fingerprint density at radius 3 is 2.54 bits per heavy atom. The smallest absolute Gasteiger partial charge is 0.143 e. The van der Waals surface area contributed by atoms with Crippen LogP contribution in [0.2, 0.25) is 5.02 Å². The number of aliphatic hydroxyl groups is 1. The molecule has 7 nitrogen and oxygen atoms in total. The molecule has 0 fully saturated rings. The number of ether oxygens (including phenoxy) is 1. The number of nitrogens with zero attached hydrogens (tertiary/aromatic N) is 4. The van der Waals surface area contributed by atoms with Crippen molar-refractivity contribution in [1.29, 1.82) is 0 Å². The predicted molar refractivity (Wildman–Crippen MR) is 98.5 cm³/mol. The number of rotatable bonds is 8. The highest BCUT2D eigenvalue weighted by Gasteiger charge is 2.10. The van der Waals surface area contributed by atoms with E-state index in [-0.39, 0.29) is 12.6 Å². The molecule has 26 heavy (non-hydrogen) atoms. The Kier molecular flexibility index (Phi) is 6.17. The number of hydrogen-bond acceptors (Lipinski definition) is 6. The van der Waals surface area contributed by atoms with E-state index < -0.39 is 6.10 Å². The van der Waals surface area contributed by atoms with Crippen LogP contribution in [0.1, 0.15) is 18.5 Å². The summed E-state index contributed by atoms with van der Waals surface area (Å²) in [7, 11) is 0. The largest absolute Gasteiger partial charge is 0.491 e. The van der Waals surface area contributed by atoms with E-state index in [0.29, 0.717) is 17.3 Å². The molecule has 0 aliphatic heterocycles. The van der Waals surface area contributed by atoms with Crippen molar-refractivity contribution in [1.82, 2.24) is 25.5 Å². The van der Waals surface area contributed by atoms with Crippen LogP contribution in [-0.4, -0.2) is 44.6 Å². The summed E-state index contributed by atoms with van der Waals surface area (Å²) in [6, 6.07) is 15.0. The van der Waals surface area contributed by atoms with Crippen LogP contribution in [0.3, 0.4) is 0 Å². The lowest BCUT2D eigenvalue weighted by Crippen LogP contribution is -2.33. The number of aromatic nitrogens is 4. The highest BCUT2D eigenvalue weighted by Crippen LogP contribution is 2.16. The Hall–Kier alpha value is -2.48. The minimum absolute atomic E-state index is 0.0862. The van der Waals surface area contributed by atoms with Gasteiger partial charge in [0.05, 0.1) is 5.69 Å². The Balaban J connectivity index is 1.45. The summed E-state index contributed by atoms with van der Waals surface area (Å²) in [5.41, 5.74) is 2.00. The molecule has 136 valence electrons. The first-order valence-electron chi connectivity index (χ1n) is 8.25. The highest BCUT2D eigenvalue weighted by atomic mass is 35.5. The molecule has 2 atom stereocenters. The summed E-state index contributed by atoms with van der Waals surface area (Å²) in [6.07, 6.45) is 0.932. The third-order valence-corrected chi connectivity index (χ3v) is 4.17. The van der Waals surface area contributed by atoms with Crippen molar-refractivity contribution in [2.24, 2.45) is 0 Å². The molecule has 1 aromatic heterocycles. The van der Waals surface area contributed by atoms with E-state index in [0.717, 1.165) is 11.3 Å². The van der Waals surface area contributed by atoms with Gasteiger partial charge >= 0.3 is 0 Å². The van der Waals surface area contributed by atoms with Gasteiger partial charge in [-0.25, -0.2) is 4.68 Å². The van der Waals surface area contributed by atoms with Crippen LogP contribution in [0, 0.1) is 0 Å². The maximum atomic E-state index is 10.1. The summed E-state index contributed by atoms with van der Waals surface area (Å²) < 4.78 is 7.14. The Morgan fingerprint density at radius 1 is 1.15 bits per heavy atom. The van der Waals surface area contributed by atoms with Gasteiger partial charge in [0.2, 0.25) is 0 Å². The molecule has 8 heteroatoms. The van der Waals surface area contributed by atoms with E-state index in [1.54, 1.807) is 35.3 Å². The predicted octanol–water partition coefficient (Wildman–Crippen LogP) is 2.41. The van der Waals surface area contributed by atoms with E-state index >= 15 is 0 Å². The molecule has 2 aromatic carbocycles. The first-order chi connectivity index (χ1) is 12.6. The minimum Gasteiger partial charge on any atom is -0.491 e. The van der Waals surface area contributed by atoms with Crippen LogP contribution in [0.15, 0.2) is 54.9 Å². The average Bonchev–Trinajstić information content (AvgIpc) is 3.20. The zero-order chi connectivity index (χ0) is 18.4. The monoisotopic (exact) mass is 373 g/mol. The van der Waals surface area contributed by atoms with Crippen LogP contribution < -0.4 is 10.1 Å². The fraction of sp³-hybridized carbons (Fsp3) is 0.278. The summed E-state index contributed by atoms with van der Waals surface area (Å²) in [5.74, 6) is 0.680. The molecule has 0 radical (unpaired) electrons. The second-order valence-electron chi connectivity index (χ2n) is 5.89. The van der Waals surface area contributed by atoms with E-state index in [1.165, 1.54) is 0 Å². The minimum atomic E-state index is -0.617. The molecule has 0 aliphatic carbocycles. The fourth-order valence-corrected chi connectivity index (χ4v) is 2.53. The van der Waals surface area contributed by atoms with Crippen molar-refractivity contribution in [3.8, 4) is 11.4 Å². The first kappa shape index (κ1) is 18.3. The Morgan fingerprint density at radius 2 is 1.88 bits per heavy atom. The van der Waals surface area contributed by atoms with Crippen LogP contribution in [0.25, 0.3) is 5.69 Å². The normalized spacial score (nSPS) is 13.3. The van der Waals surface area contributed by atoms with E-state index in [1.807, 2.05) is 31.2 Å². The van der Waals surface area contributed by atoms with E-state index in [2.05, 4.69) is 20.8 Å². The van der Waals surface area contributed by atoms with Gasteiger partial charge in [0.25, 0.3) is 0 Å². The molecule has 3 aromatic rings. The molecular weight excluding hydrogens is 354 g/mol. The third kappa shape index (κ3) is 5.01. The molecule has 2 unspecified atom stereocenters. The van der Waals surface area contributed by atoms with Gasteiger partial charge in [-0.15, -0.1) is 5.10 Å². The van der Waals surface area contributed by atoms with Gasteiger partial charge in [0.1, 0.15) is 24.8 Å². The number of halogens is 1. The van der Waals surface area contributed by atoms with Gasteiger partial charge in [-0.05, 0) is 59.3 Å². The maximum Gasteiger partial charge on any atom is 0.143 e. The molecule has 3 rings (SSSR count). The number of tetrazole rings is 1. The molecule has 0 saturated carbocycles. The molecule has 0 aliphatic rings. The molecule has 0 amide bonds. The van der Waals surface area contributed by atoms with E-state index in [9.17, 15) is 5.11 Å². The second-order valence-corrected chi connectivity index (χ2v) is 6.33. The number of nitrogens with one attached hydrogen (secondary N) is 1. The van der Waals surface area contributed by atoms with Gasteiger partial charge in [-0.2, -0.15) is 0 Å². The molecule has 2 N–H and O–H groups in total. The standard InChI is InChI=1S/C18H20ClN5O2/c1-13(14-2-6-16(7-3-14)24-12-21-22-23-24)20-10-17(25)11-26-18-8-4-15(19)5-9-18/h2-9,12-13,17,20,25H,10-11H2,1H3. The maximum absolute atomic E-state index is 10.1. The topological polar surface area (TPSA) is 85.1 Å². The van der Waals surface area contributed by atoms with E-state index in [4.69, 9.17) is 16.3 Å².